The lowest BCUT2D eigenvalue weighted by Gasteiger charge is -2.35. The van der Waals surface area contributed by atoms with Crippen LogP contribution in [0.3, 0.4) is 0 Å². The first-order valence-corrected chi connectivity index (χ1v) is 8.59. The highest BCUT2D eigenvalue weighted by Crippen LogP contribution is 2.43. The van der Waals surface area contributed by atoms with Crippen LogP contribution < -0.4 is 4.72 Å². The van der Waals surface area contributed by atoms with Gasteiger partial charge in [0, 0.05) is 6.54 Å². The fraction of sp³-hybridized carbons (Fsp3) is 0.500. The SMILES string of the molecule is CC(CCN1CC(O)NS1(O)O)COC(=O)c1ccccc1. The summed E-state index contributed by atoms with van der Waals surface area (Å²) in [6.07, 6.45) is -0.317. The number of carbonyl (C=O) groups excluding carboxylic acids is 1. The van der Waals surface area contributed by atoms with Gasteiger partial charge in [-0.25, -0.2) is 4.79 Å². The largest absolute Gasteiger partial charge is 0.462 e. The molecule has 0 saturated carbocycles. The topological polar surface area (TPSA) is 102 Å². The molecule has 1 aliphatic heterocycles. The van der Waals surface area contributed by atoms with Crippen LogP contribution in [0, 0.1) is 5.92 Å². The number of nitrogens with one attached hydrogen (secondary N) is 1. The number of hydrogen-bond acceptors (Lipinski definition) is 7. The zero-order chi connectivity index (χ0) is 16.2. The zero-order valence-corrected chi connectivity index (χ0v) is 13.2. The van der Waals surface area contributed by atoms with Gasteiger partial charge < -0.3 is 9.84 Å². The Kier molecular flexibility index (Phi) is 5.79. The number of aliphatic hydroxyl groups is 1. The average Bonchev–Trinajstić information content (AvgIpc) is 2.75. The lowest BCUT2D eigenvalue weighted by molar-refractivity contribution is 0.0440. The number of aliphatic hydroxyl groups excluding tert-OH is 1. The number of esters is 1. The number of carbonyl (C=O) groups is 1. The fourth-order valence-electron chi connectivity index (χ4n) is 2.13. The molecular weight excluding hydrogens is 308 g/mol. The van der Waals surface area contributed by atoms with Crippen LogP contribution in [0.2, 0.25) is 0 Å². The first kappa shape index (κ1) is 17.2. The highest BCUT2D eigenvalue weighted by atomic mass is 32.3. The average molecular weight is 330 g/mol. The molecule has 0 spiro atoms. The maximum absolute atomic E-state index is 11.8. The van der Waals surface area contributed by atoms with E-state index in [-0.39, 0.29) is 25.0 Å². The van der Waals surface area contributed by atoms with E-state index < -0.39 is 17.2 Å². The maximum Gasteiger partial charge on any atom is 0.338 e. The predicted molar refractivity (Wildman–Crippen MR) is 84.1 cm³/mol. The number of hydrogen-bond donors (Lipinski definition) is 4. The van der Waals surface area contributed by atoms with Crippen molar-refractivity contribution in [1.82, 2.24) is 9.03 Å². The molecule has 1 aromatic carbocycles. The van der Waals surface area contributed by atoms with Gasteiger partial charge in [0.25, 0.3) is 0 Å². The summed E-state index contributed by atoms with van der Waals surface area (Å²) < 4.78 is 28.4. The van der Waals surface area contributed by atoms with Crippen LogP contribution in [0.4, 0.5) is 0 Å². The predicted octanol–water partition coefficient (Wildman–Crippen LogP) is 1.67. The molecule has 1 fully saturated rings. The second kappa shape index (κ2) is 7.40. The lowest BCUT2D eigenvalue weighted by Crippen LogP contribution is -2.28. The molecule has 4 N–H and O–H groups in total. The van der Waals surface area contributed by atoms with Gasteiger partial charge in [-0.15, -0.1) is 0 Å². The summed E-state index contributed by atoms with van der Waals surface area (Å²) in [7, 11) is -3.08. The molecule has 0 bridgehead atoms. The molecule has 1 aromatic rings. The molecule has 1 heterocycles. The third-order valence-electron chi connectivity index (χ3n) is 3.41. The van der Waals surface area contributed by atoms with Gasteiger partial charge in [0.1, 0.15) is 6.23 Å². The van der Waals surface area contributed by atoms with Crippen molar-refractivity contribution in [2.45, 2.75) is 19.6 Å². The molecule has 22 heavy (non-hydrogen) atoms. The summed E-state index contributed by atoms with van der Waals surface area (Å²) in [4.78, 5) is 11.8. The standard InChI is InChI=1S/C14H22N2O5S/c1-11(7-8-16-9-13(17)15-22(16,19)20)10-21-14(18)12-5-3-2-4-6-12/h2-6,11,13,15,17,19-20H,7-10H2,1H3. The Morgan fingerprint density at radius 2 is 2.14 bits per heavy atom. The van der Waals surface area contributed by atoms with E-state index in [0.717, 1.165) is 0 Å². The minimum atomic E-state index is -3.08. The van der Waals surface area contributed by atoms with E-state index in [9.17, 15) is 19.0 Å². The van der Waals surface area contributed by atoms with Gasteiger partial charge in [0.05, 0.1) is 18.7 Å². The quantitative estimate of drug-likeness (QED) is 0.588. The van der Waals surface area contributed by atoms with Crippen molar-refractivity contribution in [1.29, 1.82) is 0 Å². The van der Waals surface area contributed by atoms with E-state index in [1.165, 1.54) is 4.31 Å². The third kappa shape index (κ3) is 4.67. The molecule has 2 rings (SSSR count). The Balaban J connectivity index is 1.72. The zero-order valence-electron chi connectivity index (χ0n) is 12.4. The Bertz CT molecular complexity index is 499. The van der Waals surface area contributed by atoms with Gasteiger partial charge in [-0.05, 0) is 24.5 Å². The summed E-state index contributed by atoms with van der Waals surface area (Å²) in [5.41, 5.74) is 0.510. The van der Waals surface area contributed by atoms with Crippen molar-refractivity contribution in [2.24, 2.45) is 5.92 Å². The highest BCUT2D eigenvalue weighted by molar-refractivity contribution is 8.20. The number of nitrogens with zero attached hydrogens (tertiary/aromatic N) is 1. The van der Waals surface area contributed by atoms with Gasteiger partial charge >= 0.3 is 5.97 Å². The molecule has 0 amide bonds. The minimum Gasteiger partial charge on any atom is -0.462 e. The molecule has 1 saturated heterocycles. The highest BCUT2D eigenvalue weighted by Gasteiger charge is 2.34. The first-order valence-electron chi connectivity index (χ1n) is 7.09. The van der Waals surface area contributed by atoms with Crippen molar-refractivity contribution in [3.8, 4) is 0 Å². The van der Waals surface area contributed by atoms with Crippen LogP contribution in [0.15, 0.2) is 30.3 Å². The molecule has 1 aliphatic rings. The van der Waals surface area contributed by atoms with Gasteiger partial charge in [-0.2, -0.15) is 9.03 Å². The number of ether oxygens (including phenoxy) is 1. The molecular formula is C14H22N2O5S. The Labute approximate surface area is 131 Å². The molecule has 124 valence electrons. The molecule has 8 heteroatoms. The van der Waals surface area contributed by atoms with E-state index in [1.807, 2.05) is 13.0 Å². The van der Waals surface area contributed by atoms with E-state index in [0.29, 0.717) is 18.5 Å². The van der Waals surface area contributed by atoms with Crippen molar-refractivity contribution in [3.63, 3.8) is 0 Å². The van der Waals surface area contributed by atoms with Crippen LogP contribution in [-0.4, -0.2) is 50.4 Å². The van der Waals surface area contributed by atoms with Crippen molar-refractivity contribution in [3.05, 3.63) is 35.9 Å². The van der Waals surface area contributed by atoms with Gasteiger partial charge in [0.15, 0.2) is 0 Å². The Morgan fingerprint density at radius 3 is 2.73 bits per heavy atom. The Morgan fingerprint density at radius 1 is 1.45 bits per heavy atom. The van der Waals surface area contributed by atoms with E-state index in [1.54, 1.807) is 24.3 Å². The van der Waals surface area contributed by atoms with E-state index >= 15 is 0 Å². The Hall–Kier alpha value is -1.16. The third-order valence-corrected chi connectivity index (χ3v) is 5.05. The van der Waals surface area contributed by atoms with Gasteiger partial charge in [-0.3, -0.25) is 9.11 Å². The summed E-state index contributed by atoms with van der Waals surface area (Å²) in [5, 5.41) is 9.38. The maximum atomic E-state index is 11.8. The van der Waals surface area contributed by atoms with E-state index in [2.05, 4.69) is 4.72 Å². The monoisotopic (exact) mass is 330 g/mol. The number of β-amino-alcohol motifs (C(OH)–C–C–N with tert-alkyl or cyclic N) is 1. The van der Waals surface area contributed by atoms with Crippen LogP contribution in [-0.2, 0) is 4.74 Å². The summed E-state index contributed by atoms with van der Waals surface area (Å²) >= 11 is 0. The fourth-order valence-corrected chi connectivity index (χ4v) is 3.43. The molecule has 0 aliphatic carbocycles. The normalized spacial score (nSPS) is 23.9. The minimum absolute atomic E-state index is 0.0700. The van der Waals surface area contributed by atoms with Crippen LogP contribution in [0.5, 0.6) is 0 Å². The van der Waals surface area contributed by atoms with Gasteiger partial charge in [-0.1, -0.05) is 36.1 Å². The smallest absolute Gasteiger partial charge is 0.338 e. The summed E-state index contributed by atoms with van der Waals surface area (Å²) in [5.74, 6) is -0.296. The van der Waals surface area contributed by atoms with E-state index in [4.69, 9.17) is 4.74 Å². The van der Waals surface area contributed by atoms with Crippen molar-refractivity contribution >= 4 is 16.9 Å². The van der Waals surface area contributed by atoms with Gasteiger partial charge in [0.2, 0.25) is 0 Å². The summed E-state index contributed by atoms with van der Waals surface area (Å²) in [6, 6.07) is 8.77. The second-order valence-electron chi connectivity index (χ2n) is 5.40. The molecule has 0 radical (unpaired) electrons. The van der Waals surface area contributed by atoms with Crippen LogP contribution in [0.1, 0.15) is 23.7 Å². The molecule has 7 nitrogen and oxygen atoms in total. The van der Waals surface area contributed by atoms with Crippen molar-refractivity contribution in [2.75, 3.05) is 19.7 Å². The first-order chi connectivity index (χ1) is 10.4. The molecule has 0 aromatic heterocycles. The lowest BCUT2D eigenvalue weighted by atomic mass is 10.1. The van der Waals surface area contributed by atoms with Crippen LogP contribution in [0.25, 0.3) is 0 Å². The number of rotatable bonds is 6. The number of benzene rings is 1. The van der Waals surface area contributed by atoms with Crippen LogP contribution >= 0.6 is 11.0 Å². The summed E-state index contributed by atoms with van der Waals surface area (Å²) in [6.45, 7) is 2.75. The second-order valence-corrected chi connectivity index (χ2v) is 7.19. The molecule has 2 atom stereocenters. The van der Waals surface area contributed by atoms with Crippen molar-refractivity contribution < 1.29 is 23.7 Å². The molecule has 2 unspecified atom stereocenters.